The maximum Gasteiger partial charge on any atom is 0.415 e. The average molecular weight is 608 g/mol. The van der Waals surface area contributed by atoms with Crippen LogP contribution in [-0.4, -0.2) is 31.2 Å². The fourth-order valence-electron chi connectivity index (χ4n) is 5.20. The molecule has 0 N–H and O–H groups in total. The quantitative estimate of drug-likeness (QED) is 0.0812. The third-order valence-corrected chi connectivity index (χ3v) is 7.67. The molecule has 0 unspecified atom stereocenters. The summed E-state index contributed by atoms with van der Waals surface area (Å²) in [6.07, 6.45) is 5.39. The number of hydrogen-bond acceptors (Lipinski definition) is 5. The summed E-state index contributed by atoms with van der Waals surface area (Å²) in [5, 5.41) is 0. The van der Waals surface area contributed by atoms with E-state index in [0.717, 1.165) is 42.4 Å². The van der Waals surface area contributed by atoms with Gasteiger partial charge in [-0.1, -0.05) is 69.2 Å². The van der Waals surface area contributed by atoms with E-state index in [9.17, 15) is 14.0 Å². The summed E-state index contributed by atoms with van der Waals surface area (Å²) < 4.78 is 31.6. The van der Waals surface area contributed by atoms with E-state index in [2.05, 4.69) is 13.8 Å². The molecule has 45 heavy (non-hydrogen) atoms. The Morgan fingerprint density at radius 2 is 1.51 bits per heavy atom. The summed E-state index contributed by atoms with van der Waals surface area (Å²) in [5.74, 6) is 0.526. The zero-order chi connectivity index (χ0) is 31.6. The summed E-state index contributed by atoms with van der Waals surface area (Å²) in [6, 6.07) is 28.1. The van der Waals surface area contributed by atoms with Crippen LogP contribution >= 0.6 is 0 Å². The highest BCUT2D eigenvalue weighted by molar-refractivity contribution is 6.04. The zero-order valence-corrected chi connectivity index (χ0v) is 25.7. The molecule has 232 valence electrons. The van der Waals surface area contributed by atoms with Crippen molar-refractivity contribution in [2.45, 2.75) is 51.7 Å². The Kier molecular flexibility index (Phi) is 10.6. The van der Waals surface area contributed by atoms with Crippen molar-refractivity contribution in [1.82, 2.24) is 0 Å². The van der Waals surface area contributed by atoms with Crippen LogP contribution in [-0.2, 0) is 4.74 Å². The Bertz CT molecular complexity index is 1600. The molecule has 6 nitrogen and oxygen atoms in total. The van der Waals surface area contributed by atoms with E-state index in [1.54, 1.807) is 11.0 Å². The monoisotopic (exact) mass is 607 g/mol. The Morgan fingerprint density at radius 3 is 2.20 bits per heavy atom. The van der Waals surface area contributed by atoms with Gasteiger partial charge >= 0.3 is 6.09 Å². The second-order valence-electron chi connectivity index (χ2n) is 10.9. The number of halogens is 1. The van der Waals surface area contributed by atoms with E-state index in [1.807, 2.05) is 72.8 Å². The number of anilines is 1. The van der Waals surface area contributed by atoms with E-state index in [0.29, 0.717) is 36.0 Å². The SMILES string of the molecule is CCCCOc1ccc([C@@H]2[C@@H](/C=C/C(=O)c3ccc(F)cc3)OC(=O)N2c2ccc(-c3ccccc3)cc2)c(OCCCC)c1. The van der Waals surface area contributed by atoms with Crippen molar-refractivity contribution in [2.24, 2.45) is 0 Å². The molecule has 1 aliphatic rings. The molecule has 1 fully saturated rings. The largest absolute Gasteiger partial charge is 0.493 e. The molecule has 1 amide bonds. The van der Waals surface area contributed by atoms with Gasteiger partial charge in [0.05, 0.1) is 13.2 Å². The average Bonchev–Trinajstić information content (AvgIpc) is 3.40. The molecule has 0 spiro atoms. The number of rotatable bonds is 14. The van der Waals surface area contributed by atoms with Crippen LogP contribution in [0, 0.1) is 5.82 Å². The minimum Gasteiger partial charge on any atom is -0.493 e. The molecule has 4 aromatic carbocycles. The lowest BCUT2D eigenvalue weighted by atomic mass is 9.97. The lowest BCUT2D eigenvalue weighted by molar-refractivity contribution is 0.104. The molecule has 4 aromatic rings. The van der Waals surface area contributed by atoms with E-state index >= 15 is 0 Å². The molecule has 2 atom stereocenters. The van der Waals surface area contributed by atoms with Gasteiger partial charge in [0.25, 0.3) is 0 Å². The van der Waals surface area contributed by atoms with Crippen LogP contribution in [0.4, 0.5) is 14.9 Å². The number of ether oxygens (including phenoxy) is 3. The highest BCUT2D eigenvalue weighted by Crippen LogP contribution is 2.43. The van der Waals surface area contributed by atoms with Gasteiger partial charge < -0.3 is 14.2 Å². The summed E-state index contributed by atoms with van der Waals surface area (Å²) in [6.45, 7) is 5.29. The van der Waals surface area contributed by atoms with E-state index in [-0.39, 0.29) is 5.78 Å². The first-order valence-corrected chi connectivity index (χ1v) is 15.5. The number of hydrogen-bond donors (Lipinski definition) is 0. The fourth-order valence-corrected chi connectivity index (χ4v) is 5.20. The summed E-state index contributed by atoms with van der Waals surface area (Å²) >= 11 is 0. The molecule has 1 heterocycles. The fraction of sp³-hybridized carbons (Fsp3) is 0.263. The van der Waals surface area contributed by atoms with Gasteiger partial charge in [0.15, 0.2) is 5.78 Å². The summed E-state index contributed by atoms with van der Waals surface area (Å²) in [4.78, 5) is 28.1. The number of benzene rings is 4. The maximum absolute atomic E-state index is 13.6. The number of ketones is 1. The van der Waals surface area contributed by atoms with Gasteiger partial charge in [-0.2, -0.15) is 0 Å². The minimum atomic E-state index is -0.809. The van der Waals surface area contributed by atoms with Crippen LogP contribution < -0.4 is 14.4 Å². The van der Waals surface area contributed by atoms with Crippen LogP contribution in [0.1, 0.15) is 61.5 Å². The molecular formula is C38H38FNO5. The normalized spacial score (nSPS) is 16.2. The first-order valence-electron chi connectivity index (χ1n) is 15.5. The van der Waals surface area contributed by atoms with E-state index in [4.69, 9.17) is 14.2 Å². The van der Waals surface area contributed by atoms with Gasteiger partial charge in [-0.3, -0.25) is 9.69 Å². The molecule has 0 aromatic heterocycles. The Labute approximate surface area is 264 Å². The Balaban J connectivity index is 1.53. The second kappa shape index (κ2) is 15.2. The van der Waals surface area contributed by atoms with Gasteiger partial charge in [-0.25, -0.2) is 9.18 Å². The first-order chi connectivity index (χ1) is 22.0. The third kappa shape index (κ3) is 7.79. The molecule has 0 aliphatic carbocycles. The topological polar surface area (TPSA) is 65.1 Å². The number of unbranched alkanes of at least 4 members (excludes halogenated alkanes) is 2. The van der Waals surface area contributed by atoms with Crippen LogP contribution in [0.5, 0.6) is 11.5 Å². The predicted octanol–water partition coefficient (Wildman–Crippen LogP) is 9.36. The van der Waals surface area contributed by atoms with Crippen LogP contribution in [0.25, 0.3) is 11.1 Å². The highest BCUT2D eigenvalue weighted by Gasteiger charge is 2.44. The maximum atomic E-state index is 13.6. The van der Waals surface area contributed by atoms with Crippen molar-refractivity contribution >= 4 is 17.6 Å². The highest BCUT2D eigenvalue weighted by atomic mass is 19.1. The van der Waals surface area contributed by atoms with Gasteiger partial charge in [0.1, 0.15) is 29.5 Å². The Hall–Kier alpha value is -4.91. The van der Waals surface area contributed by atoms with E-state index < -0.39 is 24.1 Å². The number of amides is 1. The lowest BCUT2D eigenvalue weighted by Gasteiger charge is -2.26. The van der Waals surface area contributed by atoms with Crippen molar-refractivity contribution in [3.63, 3.8) is 0 Å². The smallest absolute Gasteiger partial charge is 0.415 e. The van der Waals surface area contributed by atoms with Gasteiger partial charge in [-0.05, 0) is 84.7 Å². The van der Waals surface area contributed by atoms with Crippen molar-refractivity contribution in [3.05, 3.63) is 126 Å². The van der Waals surface area contributed by atoms with Crippen LogP contribution in [0.2, 0.25) is 0 Å². The predicted molar refractivity (Wildman–Crippen MR) is 174 cm³/mol. The summed E-state index contributed by atoms with van der Waals surface area (Å²) in [7, 11) is 0. The molecule has 5 rings (SSSR count). The second-order valence-corrected chi connectivity index (χ2v) is 10.9. The molecule has 1 aliphatic heterocycles. The van der Waals surface area contributed by atoms with Crippen molar-refractivity contribution in [2.75, 3.05) is 18.1 Å². The molecule has 0 radical (unpaired) electrons. The number of carbonyl (C=O) groups is 2. The molecular weight excluding hydrogens is 569 g/mol. The van der Waals surface area contributed by atoms with Crippen LogP contribution in [0.3, 0.4) is 0 Å². The van der Waals surface area contributed by atoms with E-state index in [1.165, 1.54) is 30.3 Å². The zero-order valence-electron chi connectivity index (χ0n) is 25.7. The minimum absolute atomic E-state index is 0.324. The van der Waals surface area contributed by atoms with Gasteiger partial charge in [0, 0.05) is 22.9 Å². The molecule has 7 heteroatoms. The number of carbonyl (C=O) groups excluding carboxylic acids is 2. The lowest BCUT2D eigenvalue weighted by Crippen LogP contribution is -2.29. The van der Waals surface area contributed by atoms with Crippen LogP contribution in [0.15, 0.2) is 109 Å². The molecule has 0 bridgehead atoms. The van der Waals surface area contributed by atoms with Gasteiger partial charge in [0.2, 0.25) is 0 Å². The molecule has 0 saturated carbocycles. The third-order valence-electron chi connectivity index (χ3n) is 7.67. The number of allylic oxidation sites excluding steroid dienone is 1. The number of cyclic esters (lactones) is 1. The van der Waals surface area contributed by atoms with Crippen molar-refractivity contribution in [1.29, 1.82) is 0 Å². The summed E-state index contributed by atoms with van der Waals surface area (Å²) in [5.41, 5.74) is 3.79. The Morgan fingerprint density at radius 1 is 0.844 bits per heavy atom. The molecule has 1 saturated heterocycles. The van der Waals surface area contributed by atoms with Gasteiger partial charge in [-0.15, -0.1) is 0 Å². The standard InChI is InChI=1S/C38H38FNO5/c1-3-5-24-43-32-20-21-33(36(26-32)44-25-6-4-2)37-35(23-22-34(41)29-12-16-30(39)17-13-29)45-38(42)40(37)31-18-14-28(15-19-31)27-10-8-7-9-11-27/h7-23,26,35,37H,3-6,24-25H2,1-2H3/b23-22+/t35-,37-/m1/s1. The number of nitrogens with zero attached hydrogens (tertiary/aromatic N) is 1. The van der Waals surface area contributed by atoms with Crippen molar-refractivity contribution < 1.29 is 28.2 Å². The first kappa shape index (κ1) is 31.5. The van der Waals surface area contributed by atoms with Crippen molar-refractivity contribution in [3.8, 4) is 22.6 Å².